The first-order valence-corrected chi connectivity index (χ1v) is 11.5. The SMILES string of the molecule is CSc1c(C)nc2cc(-c3ccc(C(F)(F)F)cc3Cl)nn2c1N1CCCC(C(=O)O)C1. The van der Waals surface area contributed by atoms with Gasteiger partial charge in [-0.25, -0.2) is 4.98 Å². The van der Waals surface area contributed by atoms with Crippen LogP contribution in [0.5, 0.6) is 0 Å². The molecule has 32 heavy (non-hydrogen) atoms. The van der Waals surface area contributed by atoms with Gasteiger partial charge in [0.1, 0.15) is 5.82 Å². The third-order valence-corrected chi connectivity index (χ3v) is 6.75. The molecule has 1 aromatic carbocycles. The van der Waals surface area contributed by atoms with E-state index < -0.39 is 23.6 Å². The molecule has 0 aliphatic carbocycles. The molecule has 0 saturated carbocycles. The Morgan fingerprint density at radius 3 is 2.69 bits per heavy atom. The van der Waals surface area contributed by atoms with E-state index >= 15 is 0 Å². The molecule has 1 saturated heterocycles. The Kier molecular flexibility index (Phi) is 6.02. The van der Waals surface area contributed by atoms with E-state index in [0.29, 0.717) is 36.4 Å². The van der Waals surface area contributed by atoms with Gasteiger partial charge in [0, 0.05) is 24.7 Å². The van der Waals surface area contributed by atoms with E-state index in [1.165, 1.54) is 17.8 Å². The minimum absolute atomic E-state index is 0.0597. The van der Waals surface area contributed by atoms with Gasteiger partial charge in [-0.15, -0.1) is 11.8 Å². The Hall–Kier alpha value is -2.46. The summed E-state index contributed by atoms with van der Waals surface area (Å²) in [6, 6.07) is 4.83. The van der Waals surface area contributed by atoms with Gasteiger partial charge in [-0.1, -0.05) is 17.7 Å². The predicted octanol–water partition coefficient (Wildman–Crippen LogP) is 5.40. The zero-order chi connectivity index (χ0) is 23.2. The smallest absolute Gasteiger partial charge is 0.416 e. The van der Waals surface area contributed by atoms with Crippen molar-refractivity contribution in [2.75, 3.05) is 24.2 Å². The molecule has 1 aliphatic heterocycles. The number of carbonyl (C=O) groups is 1. The number of rotatable bonds is 4. The second-order valence-corrected chi connectivity index (χ2v) is 8.89. The van der Waals surface area contributed by atoms with Crippen molar-refractivity contribution in [1.82, 2.24) is 14.6 Å². The lowest BCUT2D eigenvalue weighted by Gasteiger charge is -2.33. The van der Waals surface area contributed by atoms with E-state index in [4.69, 9.17) is 11.6 Å². The van der Waals surface area contributed by atoms with Crippen molar-refractivity contribution in [3.8, 4) is 11.3 Å². The van der Waals surface area contributed by atoms with Gasteiger partial charge in [-0.2, -0.15) is 22.8 Å². The van der Waals surface area contributed by atoms with Gasteiger partial charge in [0.25, 0.3) is 0 Å². The van der Waals surface area contributed by atoms with Gasteiger partial charge < -0.3 is 10.0 Å². The highest BCUT2D eigenvalue weighted by Gasteiger charge is 2.32. The van der Waals surface area contributed by atoms with E-state index in [1.54, 1.807) is 10.6 Å². The van der Waals surface area contributed by atoms with Crippen LogP contribution in [0.1, 0.15) is 24.1 Å². The number of carboxylic acid groups (broad SMARTS) is 1. The van der Waals surface area contributed by atoms with Crippen molar-refractivity contribution in [1.29, 1.82) is 0 Å². The number of fused-ring (bicyclic) bond motifs is 1. The summed E-state index contributed by atoms with van der Waals surface area (Å²) < 4.78 is 40.7. The number of halogens is 4. The molecule has 0 radical (unpaired) electrons. The lowest BCUT2D eigenvalue weighted by molar-refractivity contribution is -0.142. The molecule has 6 nitrogen and oxygen atoms in total. The van der Waals surface area contributed by atoms with Crippen LogP contribution in [0, 0.1) is 12.8 Å². The molecule has 11 heteroatoms. The molecular weight excluding hydrogens is 465 g/mol. The Balaban J connectivity index is 1.84. The second-order valence-electron chi connectivity index (χ2n) is 7.67. The molecule has 1 unspecified atom stereocenters. The summed E-state index contributed by atoms with van der Waals surface area (Å²) in [5.41, 5.74) is 1.20. The molecule has 0 amide bonds. The van der Waals surface area contributed by atoms with E-state index in [-0.39, 0.29) is 5.02 Å². The Morgan fingerprint density at radius 2 is 2.06 bits per heavy atom. The summed E-state index contributed by atoms with van der Waals surface area (Å²) in [6.07, 6.45) is -1.24. The fraction of sp³-hybridized carbons (Fsp3) is 0.381. The fourth-order valence-corrected chi connectivity index (χ4v) is 5.02. The van der Waals surface area contributed by atoms with Gasteiger partial charge in [0.2, 0.25) is 0 Å². The highest BCUT2D eigenvalue weighted by atomic mass is 35.5. The minimum Gasteiger partial charge on any atom is -0.481 e. The Labute approximate surface area is 191 Å². The van der Waals surface area contributed by atoms with Crippen LogP contribution in [0.25, 0.3) is 16.9 Å². The van der Waals surface area contributed by atoms with Crippen LogP contribution in [0.4, 0.5) is 19.0 Å². The average Bonchev–Trinajstić information content (AvgIpc) is 3.15. The first kappa shape index (κ1) is 22.7. The number of aromatic nitrogens is 3. The zero-order valence-electron chi connectivity index (χ0n) is 17.3. The molecular formula is C21H20ClF3N4O2S. The molecule has 0 bridgehead atoms. The standard InChI is InChI=1S/C21H20ClF3N4O2S/c1-11-18(32-2)19(28-7-3-4-12(10-28)20(30)31)29-17(26-11)9-16(27-29)14-6-5-13(8-15(14)22)21(23,24)25/h5-6,8-9,12H,3-4,7,10H2,1-2H3,(H,30,31). The van der Waals surface area contributed by atoms with Crippen molar-refractivity contribution in [2.45, 2.75) is 30.8 Å². The van der Waals surface area contributed by atoms with E-state index in [2.05, 4.69) is 10.1 Å². The minimum atomic E-state index is -4.49. The van der Waals surface area contributed by atoms with Crippen LogP contribution in [0.15, 0.2) is 29.2 Å². The number of carboxylic acids is 1. The van der Waals surface area contributed by atoms with Gasteiger partial charge in [0.05, 0.1) is 32.8 Å². The number of aryl methyl sites for hydroxylation is 1. The normalized spacial score (nSPS) is 17.2. The molecule has 3 aromatic rings. The van der Waals surface area contributed by atoms with Crippen molar-refractivity contribution in [3.63, 3.8) is 0 Å². The average molecular weight is 485 g/mol. The highest BCUT2D eigenvalue weighted by Crippen LogP contribution is 2.38. The van der Waals surface area contributed by atoms with E-state index in [1.807, 2.05) is 18.1 Å². The summed E-state index contributed by atoms with van der Waals surface area (Å²) >= 11 is 7.67. The van der Waals surface area contributed by atoms with Crippen LogP contribution in [0.2, 0.25) is 5.02 Å². The van der Waals surface area contributed by atoms with Gasteiger partial charge in [-0.3, -0.25) is 4.79 Å². The molecule has 4 rings (SSSR count). The summed E-state index contributed by atoms with van der Waals surface area (Å²) in [5.74, 6) is -0.582. The van der Waals surface area contributed by atoms with E-state index in [9.17, 15) is 23.1 Å². The number of aliphatic carboxylic acids is 1. The lowest BCUT2D eigenvalue weighted by Crippen LogP contribution is -2.40. The van der Waals surface area contributed by atoms with Crippen molar-refractivity contribution < 1.29 is 23.1 Å². The number of benzene rings is 1. The number of alkyl halides is 3. The quantitative estimate of drug-likeness (QED) is 0.500. The van der Waals surface area contributed by atoms with Crippen LogP contribution < -0.4 is 4.90 Å². The molecule has 1 aliphatic rings. The van der Waals surface area contributed by atoms with Crippen molar-refractivity contribution in [3.05, 3.63) is 40.5 Å². The summed E-state index contributed by atoms with van der Waals surface area (Å²) in [6.45, 7) is 2.88. The van der Waals surface area contributed by atoms with Crippen LogP contribution in [-0.4, -0.2) is 45.0 Å². The Morgan fingerprint density at radius 1 is 1.31 bits per heavy atom. The lowest BCUT2D eigenvalue weighted by atomic mass is 9.98. The first-order valence-electron chi connectivity index (χ1n) is 9.89. The van der Waals surface area contributed by atoms with Crippen molar-refractivity contribution >= 4 is 40.8 Å². The second kappa shape index (κ2) is 8.47. The van der Waals surface area contributed by atoms with Crippen LogP contribution in [0.3, 0.4) is 0 Å². The van der Waals surface area contributed by atoms with Gasteiger partial charge in [-0.05, 0) is 38.2 Å². The first-order chi connectivity index (χ1) is 15.1. The zero-order valence-corrected chi connectivity index (χ0v) is 18.9. The number of anilines is 1. The summed E-state index contributed by atoms with van der Waals surface area (Å²) in [5, 5.41) is 14.1. The number of hydrogen-bond donors (Lipinski definition) is 1. The Bertz CT molecular complexity index is 1200. The maximum absolute atomic E-state index is 13.0. The third-order valence-electron chi connectivity index (χ3n) is 5.55. The molecule has 1 N–H and O–H groups in total. The van der Waals surface area contributed by atoms with Crippen molar-refractivity contribution in [2.24, 2.45) is 5.92 Å². The summed E-state index contributed by atoms with van der Waals surface area (Å²) in [7, 11) is 0. The largest absolute Gasteiger partial charge is 0.481 e. The number of piperidine rings is 1. The van der Waals surface area contributed by atoms with Crippen LogP contribution in [-0.2, 0) is 11.0 Å². The monoisotopic (exact) mass is 484 g/mol. The molecule has 3 heterocycles. The molecule has 1 atom stereocenters. The maximum Gasteiger partial charge on any atom is 0.416 e. The topological polar surface area (TPSA) is 70.7 Å². The third kappa shape index (κ3) is 4.13. The molecule has 2 aromatic heterocycles. The predicted molar refractivity (Wildman–Crippen MR) is 118 cm³/mol. The fourth-order valence-electron chi connectivity index (χ4n) is 4.01. The van der Waals surface area contributed by atoms with E-state index in [0.717, 1.165) is 35.0 Å². The van der Waals surface area contributed by atoms with Gasteiger partial charge in [0.15, 0.2) is 5.65 Å². The summed E-state index contributed by atoms with van der Waals surface area (Å²) in [4.78, 5) is 19.1. The molecule has 0 spiro atoms. The highest BCUT2D eigenvalue weighted by molar-refractivity contribution is 7.98. The number of nitrogens with zero attached hydrogens (tertiary/aromatic N) is 4. The number of thioether (sulfide) groups is 1. The molecule has 170 valence electrons. The number of hydrogen-bond acceptors (Lipinski definition) is 5. The maximum atomic E-state index is 13.0. The molecule has 1 fully saturated rings. The van der Waals surface area contributed by atoms with Crippen LogP contribution >= 0.6 is 23.4 Å². The van der Waals surface area contributed by atoms with Gasteiger partial charge >= 0.3 is 12.1 Å².